The molecule has 4 nitrogen and oxygen atoms in total. The highest BCUT2D eigenvalue weighted by Crippen LogP contribution is 2.36. The van der Waals surface area contributed by atoms with Gasteiger partial charge in [-0.05, 0) is 63.4 Å². The molecule has 5 heteroatoms. The van der Waals surface area contributed by atoms with Crippen LogP contribution in [0.15, 0.2) is 18.2 Å². The maximum Gasteiger partial charge on any atom is 0.225 e. The number of rotatable bonds is 4. The zero-order valence-electron chi connectivity index (χ0n) is 15.5. The molecular weight excluding hydrogens is 319 g/mol. The number of hydrogen-bond donors (Lipinski definition) is 1. The average Bonchev–Trinajstić information content (AvgIpc) is 2.45. The van der Waals surface area contributed by atoms with Gasteiger partial charge in [-0.15, -0.1) is 0 Å². The van der Waals surface area contributed by atoms with E-state index in [1.165, 1.54) is 18.4 Å². The van der Waals surface area contributed by atoms with Crippen LogP contribution in [0.5, 0.6) is 0 Å². The fourth-order valence-corrected chi connectivity index (χ4v) is 4.09. The second-order valence-corrected chi connectivity index (χ2v) is 8.19. The van der Waals surface area contributed by atoms with Gasteiger partial charge in [0.1, 0.15) is 5.82 Å². The molecule has 0 aromatic heterocycles. The predicted molar refractivity (Wildman–Crippen MR) is 95.7 cm³/mol. The number of nitrogens with zero attached hydrogens (tertiary/aromatic N) is 2. The van der Waals surface area contributed by atoms with Crippen LogP contribution in [0.1, 0.15) is 56.7 Å². The van der Waals surface area contributed by atoms with Crippen molar-refractivity contribution in [2.75, 3.05) is 19.6 Å². The zero-order valence-corrected chi connectivity index (χ0v) is 15.5. The molecule has 25 heavy (non-hydrogen) atoms. The van der Waals surface area contributed by atoms with E-state index in [0.29, 0.717) is 12.1 Å². The molecule has 1 amide bonds. The number of carbonyl (C=O) groups excluding carboxylic acids is 1. The number of aliphatic hydroxyl groups is 1. The molecule has 0 aliphatic carbocycles. The first kappa shape index (κ1) is 18.3. The van der Waals surface area contributed by atoms with Crippen molar-refractivity contribution in [2.24, 2.45) is 0 Å². The molecule has 0 saturated carbocycles. The van der Waals surface area contributed by atoms with Crippen molar-refractivity contribution in [1.29, 1.82) is 0 Å². The zero-order chi connectivity index (χ0) is 18.2. The Morgan fingerprint density at radius 1 is 1.32 bits per heavy atom. The molecule has 1 aromatic carbocycles. The van der Waals surface area contributed by atoms with E-state index in [9.17, 15) is 14.3 Å². The fourth-order valence-electron chi connectivity index (χ4n) is 4.09. The van der Waals surface area contributed by atoms with Gasteiger partial charge in [-0.3, -0.25) is 9.69 Å². The van der Waals surface area contributed by atoms with Crippen molar-refractivity contribution in [3.63, 3.8) is 0 Å². The van der Waals surface area contributed by atoms with Gasteiger partial charge in [0.05, 0.1) is 12.0 Å². The first-order chi connectivity index (χ1) is 11.7. The highest BCUT2D eigenvalue weighted by atomic mass is 19.1. The van der Waals surface area contributed by atoms with E-state index in [4.69, 9.17) is 0 Å². The molecule has 2 saturated heterocycles. The van der Waals surface area contributed by atoms with Crippen LogP contribution in [-0.4, -0.2) is 52.1 Å². The summed E-state index contributed by atoms with van der Waals surface area (Å²) in [6.07, 6.45) is 3.61. The molecule has 1 N–H and O–H groups in total. The van der Waals surface area contributed by atoms with Gasteiger partial charge in [-0.1, -0.05) is 12.5 Å². The second-order valence-electron chi connectivity index (χ2n) is 8.19. The van der Waals surface area contributed by atoms with Crippen molar-refractivity contribution in [2.45, 2.75) is 64.1 Å². The lowest BCUT2D eigenvalue weighted by Gasteiger charge is -2.50. The van der Waals surface area contributed by atoms with Crippen LogP contribution in [-0.2, 0) is 4.79 Å². The van der Waals surface area contributed by atoms with Gasteiger partial charge in [-0.25, -0.2) is 4.39 Å². The molecule has 0 spiro atoms. The Balaban J connectivity index is 1.66. The Hall–Kier alpha value is -1.46. The van der Waals surface area contributed by atoms with Gasteiger partial charge in [0, 0.05) is 25.2 Å². The monoisotopic (exact) mass is 348 g/mol. The minimum atomic E-state index is -0.957. The largest absolute Gasteiger partial charge is 0.390 e. The number of hydrogen-bond acceptors (Lipinski definition) is 3. The van der Waals surface area contributed by atoms with Crippen LogP contribution in [0, 0.1) is 12.7 Å². The van der Waals surface area contributed by atoms with E-state index in [-0.39, 0.29) is 18.1 Å². The number of halogens is 1. The van der Waals surface area contributed by atoms with E-state index in [2.05, 4.69) is 4.90 Å². The number of benzene rings is 1. The molecule has 138 valence electrons. The normalized spacial score (nSPS) is 22.8. The van der Waals surface area contributed by atoms with Crippen LogP contribution in [0.2, 0.25) is 0 Å². The summed E-state index contributed by atoms with van der Waals surface area (Å²) in [6, 6.07) is 5.76. The highest BCUT2D eigenvalue weighted by molar-refractivity contribution is 5.78. The summed E-state index contributed by atoms with van der Waals surface area (Å²) in [6.45, 7) is 7.79. The molecule has 1 aromatic rings. The summed E-state index contributed by atoms with van der Waals surface area (Å²) in [7, 11) is 0. The topological polar surface area (TPSA) is 43.8 Å². The molecular formula is C20H29FN2O2. The standard InChI is InChI=1S/C20H29FN2O2/c1-14-10-15(21)7-8-17(14)18-6-4-5-9-23(18)16-12-22(13-16)19(24)11-20(2,3)25/h7-8,10,16,18,25H,4-6,9,11-13H2,1-3H3. The van der Waals surface area contributed by atoms with Crippen LogP contribution in [0.4, 0.5) is 4.39 Å². The molecule has 0 bridgehead atoms. The Bertz CT molecular complexity index is 635. The third kappa shape index (κ3) is 4.21. The van der Waals surface area contributed by atoms with E-state index in [0.717, 1.165) is 31.6 Å². The second kappa shape index (κ2) is 7.04. The van der Waals surface area contributed by atoms with Gasteiger partial charge in [0.15, 0.2) is 0 Å². The summed E-state index contributed by atoms with van der Waals surface area (Å²) < 4.78 is 13.4. The SMILES string of the molecule is Cc1cc(F)ccc1C1CCCCN1C1CN(C(=O)CC(C)(C)O)C1. The summed E-state index contributed by atoms with van der Waals surface area (Å²) in [5, 5.41) is 9.83. The van der Waals surface area contributed by atoms with Gasteiger partial charge in [-0.2, -0.15) is 0 Å². The van der Waals surface area contributed by atoms with Crippen molar-refractivity contribution in [3.8, 4) is 0 Å². The van der Waals surface area contributed by atoms with E-state index >= 15 is 0 Å². The minimum Gasteiger partial charge on any atom is -0.390 e. The first-order valence-corrected chi connectivity index (χ1v) is 9.26. The van der Waals surface area contributed by atoms with E-state index in [1.54, 1.807) is 26.0 Å². The number of amides is 1. The number of carbonyl (C=O) groups is 1. The van der Waals surface area contributed by atoms with Crippen molar-refractivity contribution < 1.29 is 14.3 Å². The molecule has 3 rings (SSSR count). The van der Waals surface area contributed by atoms with Crippen molar-refractivity contribution >= 4 is 5.91 Å². The summed E-state index contributed by atoms with van der Waals surface area (Å²) in [5.74, 6) is -0.161. The number of aryl methyl sites for hydroxylation is 1. The fraction of sp³-hybridized carbons (Fsp3) is 0.650. The maximum atomic E-state index is 13.4. The first-order valence-electron chi connectivity index (χ1n) is 9.26. The van der Waals surface area contributed by atoms with Gasteiger partial charge < -0.3 is 10.0 Å². The van der Waals surface area contributed by atoms with Gasteiger partial charge in [0.2, 0.25) is 5.91 Å². The molecule has 2 aliphatic heterocycles. The Kier molecular flexibility index (Phi) is 5.16. The number of likely N-dealkylation sites (tertiary alicyclic amines) is 2. The summed E-state index contributed by atoms with van der Waals surface area (Å²) in [5.41, 5.74) is 1.26. The minimum absolute atomic E-state index is 0.0234. The Labute approximate surface area is 149 Å². The number of piperidine rings is 1. The third-order valence-electron chi connectivity index (χ3n) is 5.40. The van der Waals surface area contributed by atoms with Crippen molar-refractivity contribution in [3.05, 3.63) is 35.1 Å². The van der Waals surface area contributed by atoms with Crippen LogP contribution in [0.3, 0.4) is 0 Å². The van der Waals surface area contributed by atoms with Crippen LogP contribution >= 0.6 is 0 Å². The van der Waals surface area contributed by atoms with Crippen LogP contribution < -0.4 is 0 Å². The lowest BCUT2D eigenvalue weighted by molar-refractivity contribution is -0.144. The van der Waals surface area contributed by atoms with E-state index < -0.39 is 5.60 Å². The highest BCUT2D eigenvalue weighted by Gasteiger charge is 2.40. The molecule has 0 radical (unpaired) electrons. The van der Waals surface area contributed by atoms with Crippen LogP contribution in [0.25, 0.3) is 0 Å². The smallest absolute Gasteiger partial charge is 0.225 e. The summed E-state index contributed by atoms with van der Waals surface area (Å²) >= 11 is 0. The molecule has 2 heterocycles. The van der Waals surface area contributed by atoms with Gasteiger partial charge >= 0.3 is 0 Å². The summed E-state index contributed by atoms with van der Waals surface area (Å²) in [4.78, 5) is 16.6. The van der Waals surface area contributed by atoms with E-state index in [1.807, 2.05) is 17.9 Å². The average molecular weight is 348 g/mol. The molecule has 2 fully saturated rings. The quantitative estimate of drug-likeness (QED) is 0.910. The molecule has 1 unspecified atom stereocenters. The Morgan fingerprint density at radius 3 is 2.68 bits per heavy atom. The Morgan fingerprint density at radius 2 is 2.04 bits per heavy atom. The van der Waals surface area contributed by atoms with Gasteiger partial charge in [0.25, 0.3) is 0 Å². The lowest BCUT2D eigenvalue weighted by atomic mass is 9.89. The molecule has 2 aliphatic rings. The molecule has 1 atom stereocenters. The maximum absolute atomic E-state index is 13.4. The predicted octanol–water partition coefficient (Wildman–Crippen LogP) is 3.03. The lowest BCUT2D eigenvalue weighted by Crippen LogP contribution is -2.62. The third-order valence-corrected chi connectivity index (χ3v) is 5.40. The van der Waals surface area contributed by atoms with Crippen molar-refractivity contribution in [1.82, 2.24) is 9.80 Å².